The maximum Gasteiger partial charge on any atom is 0.252 e. The number of hydrogen-bond acceptors (Lipinski definition) is 5. The monoisotopic (exact) mass is 326 g/mol. The molecule has 1 amide bonds. The van der Waals surface area contributed by atoms with Gasteiger partial charge in [0.1, 0.15) is 23.9 Å². The maximum absolute atomic E-state index is 12.1. The first-order valence-electron chi connectivity index (χ1n) is 7.22. The summed E-state index contributed by atoms with van der Waals surface area (Å²) in [5, 5.41) is 2.71. The predicted octanol–water partition coefficient (Wildman–Crippen LogP) is 1.91. The Morgan fingerprint density at radius 1 is 1.12 bits per heavy atom. The molecule has 0 aliphatic rings. The Hall–Kier alpha value is -3.20. The average molecular weight is 326 g/mol. The van der Waals surface area contributed by atoms with Crippen molar-refractivity contribution < 1.29 is 19.0 Å². The number of nitrogens with zero attached hydrogens (tertiary/aromatic N) is 1. The van der Waals surface area contributed by atoms with Crippen molar-refractivity contribution in [3.8, 4) is 29.1 Å². The Morgan fingerprint density at radius 3 is 2.50 bits per heavy atom. The molecule has 0 saturated carbocycles. The zero-order valence-corrected chi connectivity index (χ0v) is 13.5. The first-order chi connectivity index (χ1) is 11.7. The number of pyridine rings is 1. The van der Waals surface area contributed by atoms with Gasteiger partial charge < -0.3 is 19.5 Å². The summed E-state index contributed by atoms with van der Waals surface area (Å²) in [5.74, 6) is 7.15. The molecular formula is C18H18N2O4. The summed E-state index contributed by atoms with van der Waals surface area (Å²) in [6.07, 6.45) is 3.28. The van der Waals surface area contributed by atoms with E-state index in [-0.39, 0.29) is 19.1 Å². The number of carbonyl (C=O) groups is 1. The first kappa shape index (κ1) is 17.2. The third-order valence-corrected chi connectivity index (χ3v) is 3.02. The molecule has 1 aromatic heterocycles. The topological polar surface area (TPSA) is 69.7 Å². The Morgan fingerprint density at radius 2 is 1.88 bits per heavy atom. The summed E-state index contributed by atoms with van der Waals surface area (Å²) in [4.78, 5) is 16.0. The summed E-state index contributed by atoms with van der Waals surface area (Å²) in [5.41, 5.74) is 0.444. The van der Waals surface area contributed by atoms with Crippen LogP contribution in [0.1, 0.15) is 10.4 Å². The van der Waals surface area contributed by atoms with E-state index >= 15 is 0 Å². The van der Waals surface area contributed by atoms with Crippen molar-refractivity contribution in [3.05, 3.63) is 48.3 Å². The van der Waals surface area contributed by atoms with Gasteiger partial charge in [0.25, 0.3) is 5.91 Å². The van der Waals surface area contributed by atoms with E-state index in [9.17, 15) is 4.79 Å². The molecule has 6 heteroatoms. The fourth-order valence-electron chi connectivity index (χ4n) is 1.83. The molecule has 2 aromatic rings. The van der Waals surface area contributed by atoms with E-state index in [2.05, 4.69) is 22.1 Å². The minimum Gasteiger partial charge on any atom is -0.497 e. The summed E-state index contributed by atoms with van der Waals surface area (Å²) in [7, 11) is 3.06. The quantitative estimate of drug-likeness (QED) is 0.821. The lowest BCUT2D eigenvalue weighted by Crippen LogP contribution is -2.23. The van der Waals surface area contributed by atoms with Crippen LogP contribution in [-0.4, -0.2) is 38.3 Å². The molecule has 0 saturated heterocycles. The summed E-state index contributed by atoms with van der Waals surface area (Å²) >= 11 is 0. The van der Waals surface area contributed by atoms with Crippen LogP contribution in [0.15, 0.2) is 42.7 Å². The molecule has 0 atom stereocenters. The smallest absolute Gasteiger partial charge is 0.252 e. The number of methoxy groups -OCH3 is 2. The van der Waals surface area contributed by atoms with Crippen LogP contribution in [0, 0.1) is 11.8 Å². The van der Waals surface area contributed by atoms with E-state index in [1.807, 2.05) is 0 Å². The standard InChI is InChI=1S/C18H18N2O4/c1-22-16-10-14(11-17(12-16)23-2)18(21)20-8-3-4-9-24-15-6-5-7-19-13-15/h5-7,10-13H,8-9H2,1-2H3,(H,20,21). The molecule has 0 bridgehead atoms. The van der Waals surface area contributed by atoms with Gasteiger partial charge in [-0.05, 0) is 24.3 Å². The van der Waals surface area contributed by atoms with Gasteiger partial charge >= 0.3 is 0 Å². The number of carbonyl (C=O) groups excluding carboxylic acids is 1. The van der Waals surface area contributed by atoms with Crippen LogP contribution in [0.25, 0.3) is 0 Å². The average Bonchev–Trinajstić information content (AvgIpc) is 2.64. The highest BCUT2D eigenvalue weighted by Crippen LogP contribution is 2.22. The lowest BCUT2D eigenvalue weighted by Gasteiger charge is -2.08. The van der Waals surface area contributed by atoms with Crippen LogP contribution in [0.5, 0.6) is 17.2 Å². The molecule has 2 rings (SSSR count). The number of ether oxygens (including phenoxy) is 3. The van der Waals surface area contributed by atoms with E-state index in [1.54, 1.807) is 42.7 Å². The molecule has 1 aromatic carbocycles. The van der Waals surface area contributed by atoms with Gasteiger partial charge in [-0.2, -0.15) is 0 Å². The lowest BCUT2D eigenvalue weighted by atomic mass is 10.2. The highest BCUT2D eigenvalue weighted by Gasteiger charge is 2.08. The molecule has 6 nitrogen and oxygen atoms in total. The third-order valence-electron chi connectivity index (χ3n) is 3.02. The lowest BCUT2D eigenvalue weighted by molar-refractivity contribution is 0.0958. The van der Waals surface area contributed by atoms with Crippen molar-refractivity contribution in [1.82, 2.24) is 10.3 Å². The zero-order chi connectivity index (χ0) is 17.2. The van der Waals surface area contributed by atoms with Crippen LogP contribution >= 0.6 is 0 Å². The molecule has 0 spiro atoms. The van der Waals surface area contributed by atoms with Crippen molar-refractivity contribution in [1.29, 1.82) is 0 Å². The minimum absolute atomic E-state index is 0.217. The second kappa shape index (κ2) is 9.06. The molecule has 0 aliphatic carbocycles. The van der Waals surface area contributed by atoms with Gasteiger partial charge in [-0.15, -0.1) is 0 Å². The van der Waals surface area contributed by atoms with Crippen LogP contribution in [0.2, 0.25) is 0 Å². The molecule has 124 valence electrons. The fraction of sp³-hybridized carbons (Fsp3) is 0.222. The van der Waals surface area contributed by atoms with Crippen molar-refractivity contribution in [2.75, 3.05) is 27.4 Å². The number of aromatic nitrogens is 1. The van der Waals surface area contributed by atoms with Gasteiger partial charge in [-0.3, -0.25) is 9.78 Å². The van der Waals surface area contributed by atoms with Crippen molar-refractivity contribution in [3.63, 3.8) is 0 Å². The number of nitrogens with one attached hydrogen (secondary N) is 1. The van der Waals surface area contributed by atoms with Crippen molar-refractivity contribution in [2.45, 2.75) is 0 Å². The van der Waals surface area contributed by atoms with E-state index < -0.39 is 0 Å². The number of hydrogen-bond donors (Lipinski definition) is 1. The molecule has 0 aliphatic heterocycles. The molecule has 0 fully saturated rings. The predicted molar refractivity (Wildman–Crippen MR) is 89.4 cm³/mol. The Bertz CT molecular complexity index is 713. The van der Waals surface area contributed by atoms with Gasteiger partial charge in [-0.25, -0.2) is 0 Å². The van der Waals surface area contributed by atoms with Gasteiger partial charge in [0.2, 0.25) is 0 Å². The van der Waals surface area contributed by atoms with E-state index in [1.165, 1.54) is 14.2 Å². The maximum atomic E-state index is 12.1. The highest BCUT2D eigenvalue weighted by molar-refractivity contribution is 5.95. The normalized spacial score (nSPS) is 9.42. The largest absolute Gasteiger partial charge is 0.497 e. The van der Waals surface area contributed by atoms with Crippen LogP contribution in [-0.2, 0) is 0 Å². The first-order valence-corrected chi connectivity index (χ1v) is 7.22. The number of benzene rings is 1. The minimum atomic E-state index is -0.255. The van der Waals surface area contributed by atoms with Crippen molar-refractivity contribution in [2.24, 2.45) is 0 Å². The molecular weight excluding hydrogens is 308 g/mol. The van der Waals surface area contributed by atoms with Gasteiger partial charge in [0.05, 0.1) is 27.0 Å². The molecule has 1 heterocycles. The van der Waals surface area contributed by atoms with Crippen molar-refractivity contribution >= 4 is 5.91 Å². The molecule has 24 heavy (non-hydrogen) atoms. The van der Waals surface area contributed by atoms with Gasteiger partial charge in [0.15, 0.2) is 0 Å². The Kier molecular flexibility index (Phi) is 6.47. The number of amides is 1. The van der Waals surface area contributed by atoms with E-state index in [0.29, 0.717) is 22.8 Å². The Labute approximate surface area is 140 Å². The fourth-order valence-corrected chi connectivity index (χ4v) is 1.83. The van der Waals surface area contributed by atoms with E-state index in [4.69, 9.17) is 14.2 Å². The number of rotatable bonds is 6. The third kappa shape index (κ3) is 5.21. The summed E-state index contributed by atoms with van der Waals surface area (Å²) < 4.78 is 15.7. The van der Waals surface area contributed by atoms with Crippen LogP contribution in [0.4, 0.5) is 0 Å². The van der Waals surface area contributed by atoms with Gasteiger partial charge in [-0.1, -0.05) is 11.8 Å². The Balaban J connectivity index is 1.82. The van der Waals surface area contributed by atoms with Gasteiger partial charge in [0, 0.05) is 17.8 Å². The second-order valence-electron chi connectivity index (χ2n) is 4.61. The summed E-state index contributed by atoms with van der Waals surface area (Å²) in [6.45, 7) is 0.448. The van der Waals surface area contributed by atoms with Crippen LogP contribution < -0.4 is 19.5 Å². The van der Waals surface area contributed by atoms with Crippen LogP contribution in [0.3, 0.4) is 0 Å². The molecule has 0 unspecified atom stereocenters. The molecule has 1 N–H and O–H groups in total. The molecule has 0 radical (unpaired) electrons. The summed E-state index contributed by atoms with van der Waals surface area (Å²) in [6, 6.07) is 8.55. The SMILES string of the molecule is COc1cc(OC)cc(C(=O)NCC#CCOc2cccnc2)c1. The van der Waals surface area contributed by atoms with E-state index in [0.717, 1.165) is 0 Å². The highest BCUT2D eigenvalue weighted by atomic mass is 16.5. The second-order valence-corrected chi connectivity index (χ2v) is 4.61. The zero-order valence-electron chi connectivity index (χ0n) is 13.5.